The minimum Gasteiger partial charge on any atom is -0.379 e. The highest BCUT2D eigenvalue weighted by molar-refractivity contribution is 4.85. The van der Waals surface area contributed by atoms with E-state index in [1.165, 1.54) is 84.6 Å². The van der Waals surface area contributed by atoms with E-state index in [9.17, 15) is 0 Å². The zero-order chi connectivity index (χ0) is 36.9. The predicted octanol–water partition coefficient (Wildman–Crippen LogP) is 6.02. The van der Waals surface area contributed by atoms with Crippen LogP contribution in [0.5, 0.6) is 0 Å². The largest absolute Gasteiger partial charge is 0.379 e. The molecule has 4 saturated heterocycles. The maximum Gasteiger partial charge on any atom is 0.0594 e. The van der Waals surface area contributed by atoms with Gasteiger partial charge in [-0.2, -0.15) is 0 Å². The fourth-order valence-corrected chi connectivity index (χ4v) is 6.89. The van der Waals surface area contributed by atoms with Gasteiger partial charge < -0.3 is 19.4 Å². The van der Waals surface area contributed by atoms with Crippen molar-refractivity contribution in [3.05, 3.63) is 0 Å². The third-order valence-corrected chi connectivity index (χ3v) is 10.7. The number of hydrogen-bond donors (Lipinski definition) is 0. The fourth-order valence-electron chi connectivity index (χ4n) is 6.89. The van der Waals surface area contributed by atoms with Crippen molar-refractivity contribution in [1.82, 2.24) is 34.3 Å². The average molecular weight is 682 g/mol. The molecule has 0 aliphatic carbocycles. The zero-order valence-corrected chi connectivity index (χ0v) is 35.7. The second-order valence-corrected chi connectivity index (χ2v) is 19.6. The molecule has 0 unspecified atom stereocenters. The van der Waals surface area contributed by atoms with Gasteiger partial charge in [-0.1, -0.05) is 20.8 Å². The molecule has 48 heavy (non-hydrogen) atoms. The third-order valence-electron chi connectivity index (χ3n) is 10.7. The lowest BCUT2D eigenvalue weighted by Gasteiger charge is -2.42. The average Bonchev–Trinajstić information content (AvgIpc) is 2.97. The molecule has 4 rings (SSSR count). The van der Waals surface area contributed by atoms with Crippen LogP contribution in [-0.2, 0) is 4.74 Å². The molecule has 8 nitrogen and oxygen atoms in total. The van der Waals surface area contributed by atoms with Gasteiger partial charge in [-0.3, -0.25) is 19.6 Å². The number of morpholine rings is 1. The Morgan fingerprint density at radius 2 is 0.917 bits per heavy atom. The van der Waals surface area contributed by atoms with Gasteiger partial charge in [0.05, 0.1) is 13.2 Å². The smallest absolute Gasteiger partial charge is 0.0594 e. The molecule has 0 amide bonds. The number of piperazine rings is 1. The molecule has 0 aromatic heterocycles. The molecule has 0 bridgehead atoms. The van der Waals surface area contributed by atoms with Crippen LogP contribution >= 0.6 is 0 Å². The van der Waals surface area contributed by atoms with Crippen molar-refractivity contribution in [3.8, 4) is 0 Å². The van der Waals surface area contributed by atoms with Crippen molar-refractivity contribution in [2.75, 3.05) is 120 Å². The summed E-state index contributed by atoms with van der Waals surface area (Å²) in [6, 6.07) is 1.59. The molecule has 4 fully saturated rings. The highest BCUT2D eigenvalue weighted by Gasteiger charge is 2.29. The van der Waals surface area contributed by atoms with Gasteiger partial charge in [-0.05, 0) is 142 Å². The number of nitrogens with zero attached hydrogens (tertiary/aromatic N) is 7. The van der Waals surface area contributed by atoms with Crippen LogP contribution in [-0.4, -0.2) is 183 Å². The first-order valence-electron chi connectivity index (χ1n) is 19.5. The molecule has 4 aliphatic heterocycles. The van der Waals surface area contributed by atoms with Crippen LogP contribution in [0.15, 0.2) is 0 Å². The van der Waals surface area contributed by atoms with Crippen molar-refractivity contribution in [2.45, 2.75) is 137 Å². The van der Waals surface area contributed by atoms with Crippen molar-refractivity contribution in [3.63, 3.8) is 0 Å². The highest BCUT2D eigenvalue weighted by atomic mass is 16.5. The second-order valence-electron chi connectivity index (χ2n) is 19.6. The molecule has 288 valence electrons. The summed E-state index contributed by atoms with van der Waals surface area (Å²) in [6.07, 6.45) is 5.29. The number of ether oxygens (including phenoxy) is 1. The van der Waals surface area contributed by atoms with E-state index >= 15 is 0 Å². The van der Waals surface area contributed by atoms with E-state index in [0.29, 0.717) is 22.0 Å². The first-order chi connectivity index (χ1) is 21.9. The van der Waals surface area contributed by atoms with Gasteiger partial charge in [0, 0.05) is 87.6 Å². The zero-order valence-electron chi connectivity index (χ0n) is 35.7. The summed E-state index contributed by atoms with van der Waals surface area (Å²) in [7, 11) is 11.1. The van der Waals surface area contributed by atoms with Crippen LogP contribution in [0.25, 0.3) is 0 Å². The van der Waals surface area contributed by atoms with Crippen LogP contribution in [0.2, 0.25) is 0 Å². The fraction of sp³-hybridized carbons (Fsp3) is 1.00. The molecule has 8 heteroatoms. The number of hydrogen-bond acceptors (Lipinski definition) is 8. The standard InChI is InChI=1S/2C11H24N2.C9H20N2.C9H19NO/c1-11(2,3)13(5)10-6-8-12(4)9-7-10;1-11(2,3)13-8-6-10(7-9-13)12(4)5;1-9(2,3)11-7-5-10(4)6-8-11;1-9(2,3)8-10-4-6-11-7-5-10/h2*10H,6-9H2,1-5H3;5-8H2,1-4H3;4-8H2,1-3H3. The van der Waals surface area contributed by atoms with Crippen LogP contribution < -0.4 is 0 Å². The Hall–Kier alpha value is -0.320. The van der Waals surface area contributed by atoms with Gasteiger partial charge in [0.25, 0.3) is 0 Å². The van der Waals surface area contributed by atoms with Crippen LogP contribution in [0.4, 0.5) is 0 Å². The lowest BCUT2D eigenvalue weighted by atomic mass is 9.96. The molecule has 4 aliphatic rings. The minimum atomic E-state index is 0.320. The SMILES string of the molecule is CC(C)(C)CN1CCOCC1.CN(C)C1CCN(C(C)(C)C)CC1.CN1CCC(N(C)C(C)(C)C)CC1.CN1CCN(C(C)(C)C)CC1. The lowest BCUT2D eigenvalue weighted by molar-refractivity contribution is 0.0236. The summed E-state index contributed by atoms with van der Waals surface area (Å²) < 4.78 is 5.27. The summed E-state index contributed by atoms with van der Waals surface area (Å²) in [5.74, 6) is 0. The van der Waals surface area contributed by atoms with Gasteiger partial charge in [0.15, 0.2) is 0 Å². The maximum absolute atomic E-state index is 5.27. The van der Waals surface area contributed by atoms with Crippen molar-refractivity contribution >= 4 is 0 Å². The van der Waals surface area contributed by atoms with E-state index in [4.69, 9.17) is 4.74 Å². The van der Waals surface area contributed by atoms with E-state index in [1.54, 1.807) is 0 Å². The summed E-state index contributed by atoms with van der Waals surface area (Å²) in [5.41, 5.74) is 1.47. The Bertz CT molecular complexity index is 808. The Balaban J connectivity index is 0.000000321. The van der Waals surface area contributed by atoms with E-state index in [2.05, 4.69) is 153 Å². The summed E-state index contributed by atoms with van der Waals surface area (Å²) >= 11 is 0. The van der Waals surface area contributed by atoms with Gasteiger partial charge in [0.2, 0.25) is 0 Å². The normalized spacial score (nSPS) is 22.8. The van der Waals surface area contributed by atoms with Gasteiger partial charge in [-0.25, -0.2) is 0 Å². The number of likely N-dealkylation sites (tertiary alicyclic amines) is 2. The van der Waals surface area contributed by atoms with Crippen molar-refractivity contribution in [1.29, 1.82) is 0 Å². The van der Waals surface area contributed by atoms with Gasteiger partial charge in [0.1, 0.15) is 0 Å². The third kappa shape index (κ3) is 19.3. The Kier molecular flexibility index (Phi) is 19.7. The monoisotopic (exact) mass is 682 g/mol. The summed E-state index contributed by atoms with van der Waals surface area (Å²) in [5, 5.41) is 0. The Morgan fingerprint density at radius 3 is 1.29 bits per heavy atom. The maximum atomic E-state index is 5.27. The second kappa shape index (κ2) is 20.7. The van der Waals surface area contributed by atoms with Crippen molar-refractivity contribution < 1.29 is 4.74 Å². The molecule has 0 atom stereocenters. The lowest BCUT2D eigenvalue weighted by Crippen LogP contribution is -2.52. The van der Waals surface area contributed by atoms with Crippen LogP contribution in [0, 0.1) is 5.41 Å². The summed E-state index contributed by atoms with van der Waals surface area (Å²) in [6.45, 7) is 42.7. The molecule has 0 aromatic rings. The van der Waals surface area contributed by atoms with E-state index < -0.39 is 0 Å². The van der Waals surface area contributed by atoms with Gasteiger partial charge >= 0.3 is 0 Å². The predicted molar refractivity (Wildman–Crippen MR) is 212 cm³/mol. The molecule has 0 aromatic carbocycles. The van der Waals surface area contributed by atoms with E-state index in [-0.39, 0.29) is 0 Å². The first kappa shape index (κ1) is 45.7. The quantitative estimate of drug-likeness (QED) is 0.358. The van der Waals surface area contributed by atoms with Crippen LogP contribution in [0.1, 0.15) is 109 Å². The Labute approximate surface area is 301 Å². The first-order valence-corrected chi connectivity index (χ1v) is 19.5. The molecule has 0 saturated carbocycles. The molecule has 0 spiro atoms. The number of piperidine rings is 2. The highest BCUT2D eigenvalue weighted by Crippen LogP contribution is 2.23. The molecule has 4 heterocycles. The molecule has 0 radical (unpaired) electrons. The number of likely N-dealkylation sites (N-methyl/N-ethyl adjacent to an activating group) is 1. The molecular formula is C40H87N7O. The molecule has 0 N–H and O–H groups in total. The van der Waals surface area contributed by atoms with Gasteiger partial charge in [-0.15, -0.1) is 0 Å². The summed E-state index contributed by atoms with van der Waals surface area (Å²) in [4.78, 5) is 17.3. The van der Waals surface area contributed by atoms with E-state index in [1.807, 2.05) is 0 Å². The number of rotatable bonds is 3. The molecular weight excluding hydrogens is 594 g/mol. The van der Waals surface area contributed by atoms with Crippen LogP contribution in [0.3, 0.4) is 0 Å². The minimum absolute atomic E-state index is 0.320. The Morgan fingerprint density at radius 1 is 0.521 bits per heavy atom. The van der Waals surface area contributed by atoms with Crippen molar-refractivity contribution in [2.24, 2.45) is 5.41 Å². The van der Waals surface area contributed by atoms with E-state index in [0.717, 1.165) is 38.4 Å². The topological polar surface area (TPSA) is 31.9 Å².